The Kier molecular flexibility index (Phi) is 5.08. The molecule has 0 fully saturated rings. The summed E-state index contributed by atoms with van der Waals surface area (Å²) in [5.74, 6) is -0.0930. The summed E-state index contributed by atoms with van der Waals surface area (Å²) in [6.07, 6.45) is 1.08. The van der Waals surface area contributed by atoms with E-state index in [1.807, 2.05) is 0 Å². The molecule has 0 aliphatic rings. The SMILES string of the molecule is COCCCC(=O)Nc1cc(N)ccc1Cl. The van der Waals surface area contributed by atoms with E-state index in [1.165, 1.54) is 0 Å². The number of anilines is 2. The molecular weight excluding hydrogens is 228 g/mol. The molecule has 4 nitrogen and oxygen atoms in total. The Morgan fingerprint density at radius 1 is 1.56 bits per heavy atom. The first kappa shape index (κ1) is 12.8. The minimum absolute atomic E-state index is 0.0930. The van der Waals surface area contributed by atoms with E-state index in [2.05, 4.69) is 5.32 Å². The van der Waals surface area contributed by atoms with Gasteiger partial charge in [-0.15, -0.1) is 0 Å². The van der Waals surface area contributed by atoms with Crippen LogP contribution in [-0.4, -0.2) is 19.6 Å². The van der Waals surface area contributed by atoms with Crippen molar-refractivity contribution in [1.29, 1.82) is 0 Å². The number of hydrogen-bond donors (Lipinski definition) is 2. The third kappa shape index (κ3) is 4.08. The standard InChI is InChI=1S/C11H15ClN2O2/c1-16-6-2-3-11(15)14-10-7-8(13)4-5-9(10)12/h4-5,7H,2-3,6,13H2,1H3,(H,14,15). The molecule has 0 radical (unpaired) electrons. The Morgan fingerprint density at radius 3 is 3.00 bits per heavy atom. The molecule has 0 aromatic heterocycles. The van der Waals surface area contributed by atoms with Gasteiger partial charge in [-0.2, -0.15) is 0 Å². The highest BCUT2D eigenvalue weighted by Gasteiger charge is 2.05. The van der Waals surface area contributed by atoms with Crippen LogP contribution in [0.15, 0.2) is 18.2 Å². The maximum absolute atomic E-state index is 11.5. The van der Waals surface area contributed by atoms with Gasteiger partial charge < -0.3 is 15.8 Å². The molecule has 0 aliphatic heterocycles. The van der Waals surface area contributed by atoms with E-state index in [0.717, 1.165) is 0 Å². The zero-order valence-electron chi connectivity index (χ0n) is 9.13. The predicted octanol–water partition coefficient (Wildman–Crippen LogP) is 2.29. The van der Waals surface area contributed by atoms with E-state index in [0.29, 0.717) is 35.8 Å². The first-order valence-electron chi connectivity index (χ1n) is 4.97. The van der Waals surface area contributed by atoms with E-state index in [1.54, 1.807) is 25.3 Å². The van der Waals surface area contributed by atoms with Gasteiger partial charge in [-0.3, -0.25) is 4.79 Å². The fraction of sp³-hybridized carbons (Fsp3) is 0.364. The van der Waals surface area contributed by atoms with Gasteiger partial charge in [0.1, 0.15) is 0 Å². The van der Waals surface area contributed by atoms with E-state index in [4.69, 9.17) is 22.1 Å². The molecule has 0 bridgehead atoms. The molecule has 0 heterocycles. The van der Waals surface area contributed by atoms with Crippen molar-refractivity contribution in [3.8, 4) is 0 Å². The number of carbonyl (C=O) groups excluding carboxylic acids is 1. The Bertz CT molecular complexity index is 369. The number of carbonyl (C=O) groups is 1. The number of nitrogen functional groups attached to an aromatic ring is 1. The van der Waals surface area contributed by atoms with Crippen LogP contribution in [0.2, 0.25) is 5.02 Å². The second-order valence-electron chi connectivity index (χ2n) is 3.38. The lowest BCUT2D eigenvalue weighted by Crippen LogP contribution is -2.12. The molecule has 0 aliphatic carbocycles. The Morgan fingerprint density at radius 2 is 2.31 bits per heavy atom. The molecule has 0 saturated carbocycles. The summed E-state index contributed by atoms with van der Waals surface area (Å²) >= 11 is 5.91. The maximum atomic E-state index is 11.5. The van der Waals surface area contributed by atoms with Gasteiger partial charge in [-0.1, -0.05) is 11.6 Å². The number of rotatable bonds is 5. The lowest BCUT2D eigenvalue weighted by atomic mass is 10.2. The zero-order chi connectivity index (χ0) is 12.0. The molecule has 0 spiro atoms. The van der Waals surface area contributed by atoms with Gasteiger partial charge in [-0.25, -0.2) is 0 Å². The van der Waals surface area contributed by atoms with Gasteiger partial charge in [-0.05, 0) is 24.6 Å². The lowest BCUT2D eigenvalue weighted by molar-refractivity contribution is -0.116. The molecule has 0 atom stereocenters. The highest BCUT2D eigenvalue weighted by Crippen LogP contribution is 2.24. The monoisotopic (exact) mass is 242 g/mol. The summed E-state index contributed by atoms with van der Waals surface area (Å²) in [5, 5.41) is 3.18. The number of halogens is 1. The average Bonchev–Trinajstić information content (AvgIpc) is 2.24. The molecule has 1 aromatic carbocycles. The summed E-state index contributed by atoms with van der Waals surface area (Å²) < 4.78 is 4.86. The van der Waals surface area contributed by atoms with Crippen molar-refractivity contribution in [2.24, 2.45) is 0 Å². The van der Waals surface area contributed by atoms with Crippen molar-refractivity contribution < 1.29 is 9.53 Å². The third-order valence-electron chi connectivity index (χ3n) is 2.02. The molecule has 5 heteroatoms. The maximum Gasteiger partial charge on any atom is 0.224 e. The largest absolute Gasteiger partial charge is 0.399 e. The number of benzene rings is 1. The first-order valence-corrected chi connectivity index (χ1v) is 5.35. The van der Waals surface area contributed by atoms with Crippen LogP contribution in [0.5, 0.6) is 0 Å². The van der Waals surface area contributed by atoms with Gasteiger partial charge >= 0.3 is 0 Å². The summed E-state index contributed by atoms with van der Waals surface area (Å²) in [7, 11) is 1.60. The van der Waals surface area contributed by atoms with E-state index >= 15 is 0 Å². The van der Waals surface area contributed by atoms with E-state index in [9.17, 15) is 4.79 Å². The van der Waals surface area contributed by atoms with Crippen LogP contribution in [0.25, 0.3) is 0 Å². The minimum atomic E-state index is -0.0930. The second-order valence-corrected chi connectivity index (χ2v) is 3.79. The van der Waals surface area contributed by atoms with Crippen molar-refractivity contribution in [2.45, 2.75) is 12.8 Å². The molecule has 1 rings (SSSR count). The minimum Gasteiger partial charge on any atom is -0.399 e. The van der Waals surface area contributed by atoms with Gasteiger partial charge in [0.15, 0.2) is 0 Å². The number of nitrogens with two attached hydrogens (primary N) is 1. The van der Waals surface area contributed by atoms with Crippen LogP contribution in [-0.2, 0) is 9.53 Å². The van der Waals surface area contributed by atoms with Gasteiger partial charge in [0, 0.05) is 25.8 Å². The summed E-state index contributed by atoms with van der Waals surface area (Å²) in [4.78, 5) is 11.5. The van der Waals surface area contributed by atoms with Crippen molar-refractivity contribution >= 4 is 28.9 Å². The number of nitrogens with one attached hydrogen (secondary N) is 1. The molecule has 3 N–H and O–H groups in total. The Labute approximate surface area is 99.7 Å². The van der Waals surface area contributed by atoms with Crippen molar-refractivity contribution in [3.63, 3.8) is 0 Å². The van der Waals surface area contributed by atoms with Crippen LogP contribution in [0.1, 0.15) is 12.8 Å². The van der Waals surface area contributed by atoms with Gasteiger partial charge in [0.2, 0.25) is 5.91 Å². The number of hydrogen-bond acceptors (Lipinski definition) is 3. The summed E-state index contributed by atoms with van der Waals surface area (Å²) in [5.41, 5.74) is 6.71. The second kappa shape index (κ2) is 6.35. The predicted molar refractivity (Wildman–Crippen MR) is 65.6 cm³/mol. The molecule has 1 aromatic rings. The number of ether oxygens (including phenoxy) is 1. The fourth-order valence-corrected chi connectivity index (χ4v) is 1.39. The Balaban J connectivity index is 2.52. The third-order valence-corrected chi connectivity index (χ3v) is 2.35. The van der Waals surface area contributed by atoms with Gasteiger partial charge in [0.25, 0.3) is 0 Å². The molecule has 0 saturated heterocycles. The highest BCUT2D eigenvalue weighted by atomic mass is 35.5. The molecule has 16 heavy (non-hydrogen) atoms. The van der Waals surface area contributed by atoms with Crippen molar-refractivity contribution in [3.05, 3.63) is 23.2 Å². The fourth-order valence-electron chi connectivity index (χ4n) is 1.23. The molecule has 1 amide bonds. The van der Waals surface area contributed by atoms with Crippen LogP contribution >= 0.6 is 11.6 Å². The smallest absolute Gasteiger partial charge is 0.224 e. The van der Waals surface area contributed by atoms with E-state index in [-0.39, 0.29) is 5.91 Å². The molecule has 88 valence electrons. The average molecular weight is 243 g/mol. The zero-order valence-corrected chi connectivity index (χ0v) is 9.88. The normalized spacial score (nSPS) is 10.1. The lowest BCUT2D eigenvalue weighted by Gasteiger charge is -2.07. The van der Waals surface area contributed by atoms with Crippen LogP contribution in [0.3, 0.4) is 0 Å². The summed E-state index contributed by atoms with van der Waals surface area (Å²) in [6, 6.07) is 4.97. The van der Waals surface area contributed by atoms with Crippen molar-refractivity contribution in [2.75, 3.05) is 24.8 Å². The molecular formula is C11H15ClN2O2. The quantitative estimate of drug-likeness (QED) is 0.615. The van der Waals surface area contributed by atoms with Crippen LogP contribution < -0.4 is 11.1 Å². The first-order chi connectivity index (χ1) is 7.63. The number of amides is 1. The van der Waals surface area contributed by atoms with Crippen LogP contribution in [0.4, 0.5) is 11.4 Å². The highest BCUT2D eigenvalue weighted by molar-refractivity contribution is 6.33. The van der Waals surface area contributed by atoms with Crippen molar-refractivity contribution in [1.82, 2.24) is 0 Å². The van der Waals surface area contributed by atoms with Gasteiger partial charge in [0.05, 0.1) is 10.7 Å². The van der Waals surface area contributed by atoms with E-state index < -0.39 is 0 Å². The summed E-state index contributed by atoms with van der Waals surface area (Å²) in [6.45, 7) is 0.568. The number of methoxy groups -OCH3 is 1. The Hall–Kier alpha value is -1.26. The molecule has 0 unspecified atom stereocenters. The van der Waals surface area contributed by atoms with Crippen LogP contribution in [0, 0.1) is 0 Å². The topological polar surface area (TPSA) is 64.3 Å².